The molecule has 0 aliphatic heterocycles. The fourth-order valence-electron chi connectivity index (χ4n) is 10.6. The van der Waals surface area contributed by atoms with Crippen molar-refractivity contribution in [2.45, 2.75) is 19.6 Å². The molecule has 13 aromatic rings. The zero-order valence-electron chi connectivity index (χ0n) is 36.5. The lowest BCUT2D eigenvalue weighted by Gasteiger charge is -2.13. The molecule has 0 bridgehead atoms. The zero-order chi connectivity index (χ0) is 43.6. The second-order valence-corrected chi connectivity index (χ2v) is 17.8. The van der Waals surface area contributed by atoms with Crippen LogP contribution in [0, 0.1) is 0 Å². The average Bonchev–Trinajstić information content (AvgIpc) is 3.99. The summed E-state index contributed by atoms with van der Waals surface area (Å²) in [6.45, 7) is 2.45. The van der Waals surface area contributed by atoms with Crippen molar-refractivity contribution in [2.75, 3.05) is 0 Å². The van der Waals surface area contributed by atoms with Crippen LogP contribution in [0.15, 0.2) is 237 Å². The summed E-state index contributed by atoms with van der Waals surface area (Å²) in [4.78, 5) is 0. The third-order valence-corrected chi connectivity index (χ3v) is 13.8. The SMILES string of the molecule is c1ccc(Cn2c3ccccc3c3cc(-c4cc(-c5ccc6c(c5)c5ccccc5n6Cc5ccccc5)cc(-c5ccc6c(c5)c5ccccc5n6Cc5ccccc5)c4)ccc32)cc1. The molecule has 0 radical (unpaired) electrons. The largest absolute Gasteiger partial charge is 0.336 e. The van der Waals surface area contributed by atoms with Gasteiger partial charge >= 0.3 is 0 Å². The molecular weight excluding hydrogens is 799 g/mol. The molecular formula is C63H45N3. The van der Waals surface area contributed by atoms with Gasteiger partial charge in [-0.2, -0.15) is 0 Å². The van der Waals surface area contributed by atoms with Crippen LogP contribution >= 0.6 is 0 Å². The van der Waals surface area contributed by atoms with Crippen LogP contribution in [0.3, 0.4) is 0 Å². The number of benzene rings is 10. The van der Waals surface area contributed by atoms with Crippen molar-refractivity contribution in [2.24, 2.45) is 0 Å². The number of hydrogen-bond donors (Lipinski definition) is 0. The lowest BCUT2D eigenvalue weighted by molar-refractivity contribution is 0.869. The summed E-state index contributed by atoms with van der Waals surface area (Å²) in [6.07, 6.45) is 0. The van der Waals surface area contributed by atoms with Gasteiger partial charge in [0, 0.05) is 85.1 Å². The van der Waals surface area contributed by atoms with Gasteiger partial charge in [0.2, 0.25) is 0 Å². The van der Waals surface area contributed by atoms with E-state index in [-0.39, 0.29) is 0 Å². The fourth-order valence-corrected chi connectivity index (χ4v) is 10.6. The van der Waals surface area contributed by atoms with Crippen molar-refractivity contribution in [3.8, 4) is 33.4 Å². The van der Waals surface area contributed by atoms with Crippen LogP contribution in [0.4, 0.5) is 0 Å². The Bertz CT molecular complexity index is 3520. The Balaban J connectivity index is 0.998. The predicted molar refractivity (Wildman–Crippen MR) is 278 cm³/mol. The summed E-state index contributed by atoms with van der Waals surface area (Å²) < 4.78 is 7.41. The molecule has 0 saturated heterocycles. The van der Waals surface area contributed by atoms with Gasteiger partial charge in [0.1, 0.15) is 0 Å². The van der Waals surface area contributed by atoms with Gasteiger partial charge in [-0.05, 0) is 123 Å². The molecule has 3 heterocycles. The third kappa shape index (κ3) is 6.51. The molecule has 0 N–H and O–H groups in total. The Labute approximate surface area is 383 Å². The number of hydrogen-bond acceptors (Lipinski definition) is 0. The van der Waals surface area contributed by atoms with E-state index in [1.807, 2.05) is 0 Å². The van der Waals surface area contributed by atoms with Crippen molar-refractivity contribution in [1.82, 2.24) is 13.7 Å². The van der Waals surface area contributed by atoms with Crippen LogP contribution in [0.1, 0.15) is 16.7 Å². The Morgan fingerprint density at radius 3 is 0.758 bits per heavy atom. The lowest BCUT2D eigenvalue weighted by atomic mass is 9.92. The van der Waals surface area contributed by atoms with Gasteiger partial charge in [0.25, 0.3) is 0 Å². The van der Waals surface area contributed by atoms with Gasteiger partial charge in [0.15, 0.2) is 0 Å². The van der Waals surface area contributed by atoms with Crippen molar-refractivity contribution in [3.63, 3.8) is 0 Å². The Morgan fingerprint density at radius 1 is 0.197 bits per heavy atom. The smallest absolute Gasteiger partial charge is 0.0494 e. The number of rotatable bonds is 9. The van der Waals surface area contributed by atoms with E-state index in [0.29, 0.717) is 0 Å². The predicted octanol–water partition coefficient (Wildman–Crippen LogP) is 16.2. The van der Waals surface area contributed by atoms with E-state index in [9.17, 15) is 0 Å². The Kier molecular flexibility index (Phi) is 9.06. The van der Waals surface area contributed by atoms with Gasteiger partial charge < -0.3 is 13.7 Å². The van der Waals surface area contributed by atoms with E-state index in [0.717, 1.165) is 19.6 Å². The summed E-state index contributed by atoms with van der Waals surface area (Å²) >= 11 is 0. The summed E-state index contributed by atoms with van der Waals surface area (Å²) in [6, 6.07) is 87.4. The third-order valence-electron chi connectivity index (χ3n) is 13.8. The van der Waals surface area contributed by atoms with Crippen LogP contribution < -0.4 is 0 Å². The molecule has 3 heteroatoms. The minimum atomic E-state index is 0.818. The highest BCUT2D eigenvalue weighted by molar-refractivity contribution is 6.12. The maximum Gasteiger partial charge on any atom is 0.0494 e. The highest BCUT2D eigenvalue weighted by Crippen LogP contribution is 2.41. The quantitative estimate of drug-likeness (QED) is 0.138. The van der Waals surface area contributed by atoms with Crippen LogP contribution in [0.25, 0.3) is 98.8 Å². The minimum absolute atomic E-state index is 0.818. The molecule has 0 atom stereocenters. The molecule has 0 spiro atoms. The summed E-state index contributed by atoms with van der Waals surface area (Å²) in [5.74, 6) is 0. The summed E-state index contributed by atoms with van der Waals surface area (Å²) in [5, 5.41) is 7.63. The second-order valence-electron chi connectivity index (χ2n) is 17.8. The number of nitrogens with zero attached hydrogens (tertiary/aromatic N) is 3. The highest BCUT2D eigenvalue weighted by atomic mass is 15.0. The fraction of sp³-hybridized carbons (Fsp3) is 0.0476. The van der Waals surface area contributed by atoms with Gasteiger partial charge in [-0.25, -0.2) is 0 Å². The number of para-hydroxylation sites is 3. The Morgan fingerprint density at radius 2 is 0.455 bits per heavy atom. The Hall–Kier alpha value is -8.40. The van der Waals surface area contributed by atoms with E-state index >= 15 is 0 Å². The monoisotopic (exact) mass is 843 g/mol. The van der Waals surface area contributed by atoms with Gasteiger partial charge in [0.05, 0.1) is 0 Å². The van der Waals surface area contributed by atoms with Crippen molar-refractivity contribution in [3.05, 3.63) is 253 Å². The molecule has 0 unspecified atom stereocenters. The molecule has 66 heavy (non-hydrogen) atoms. The van der Waals surface area contributed by atoms with Gasteiger partial charge in [-0.1, -0.05) is 164 Å². The first-order valence-electron chi connectivity index (χ1n) is 23.0. The maximum atomic E-state index is 2.47. The van der Waals surface area contributed by atoms with Crippen molar-refractivity contribution in [1.29, 1.82) is 0 Å². The first kappa shape index (κ1) is 38.1. The number of aromatic nitrogens is 3. The molecule has 312 valence electrons. The number of fused-ring (bicyclic) bond motifs is 9. The standard InChI is InChI=1S/C63H45N3/c1-4-16-43(17-5-1)40-64-58-25-13-10-22-52(58)55-37-46(28-31-61(55)64)49-34-50(47-29-32-62-56(38-47)53-23-11-14-26-59(53)65(62)41-44-18-6-2-7-19-44)36-51(35-49)48-30-33-63-57(39-48)54-24-12-15-27-60(54)66(63)42-45-20-8-3-9-21-45/h1-39H,40-42H2. The van der Waals surface area contributed by atoms with Crippen LogP contribution in [-0.2, 0) is 19.6 Å². The van der Waals surface area contributed by atoms with Gasteiger partial charge in [-0.15, -0.1) is 0 Å². The van der Waals surface area contributed by atoms with E-state index < -0.39 is 0 Å². The lowest BCUT2D eigenvalue weighted by Crippen LogP contribution is -1.99. The summed E-state index contributed by atoms with van der Waals surface area (Å²) in [7, 11) is 0. The molecule has 3 aromatic heterocycles. The molecule has 13 rings (SSSR count). The minimum Gasteiger partial charge on any atom is -0.336 e. The second kappa shape index (κ2) is 15.7. The molecule has 0 fully saturated rings. The normalized spacial score (nSPS) is 11.8. The molecule has 0 amide bonds. The summed E-state index contributed by atoms with van der Waals surface area (Å²) in [5.41, 5.74) is 18.6. The first-order valence-corrected chi connectivity index (χ1v) is 23.0. The van der Waals surface area contributed by atoms with Crippen LogP contribution in [-0.4, -0.2) is 13.7 Å². The van der Waals surface area contributed by atoms with Crippen molar-refractivity contribution < 1.29 is 0 Å². The van der Waals surface area contributed by atoms with E-state index in [4.69, 9.17) is 0 Å². The molecule has 3 nitrogen and oxygen atoms in total. The highest BCUT2D eigenvalue weighted by Gasteiger charge is 2.18. The van der Waals surface area contributed by atoms with Gasteiger partial charge in [-0.3, -0.25) is 0 Å². The van der Waals surface area contributed by atoms with E-state index in [1.165, 1.54) is 115 Å². The topological polar surface area (TPSA) is 14.8 Å². The average molecular weight is 844 g/mol. The molecule has 0 saturated carbocycles. The van der Waals surface area contributed by atoms with E-state index in [2.05, 4.69) is 250 Å². The van der Waals surface area contributed by atoms with E-state index in [1.54, 1.807) is 0 Å². The van der Waals surface area contributed by atoms with Crippen LogP contribution in [0.5, 0.6) is 0 Å². The van der Waals surface area contributed by atoms with Crippen LogP contribution in [0.2, 0.25) is 0 Å². The maximum absolute atomic E-state index is 2.47. The first-order chi connectivity index (χ1) is 32.7. The zero-order valence-corrected chi connectivity index (χ0v) is 36.5. The molecule has 10 aromatic carbocycles. The molecule has 0 aliphatic carbocycles. The molecule has 0 aliphatic rings. The van der Waals surface area contributed by atoms with Crippen molar-refractivity contribution >= 4 is 65.4 Å².